The van der Waals surface area contributed by atoms with Gasteiger partial charge in [0.15, 0.2) is 0 Å². The Bertz CT molecular complexity index is 2080. The van der Waals surface area contributed by atoms with Gasteiger partial charge in [0, 0.05) is 37.3 Å². The molecule has 0 unspecified atom stereocenters. The molecule has 0 saturated heterocycles. The smallest absolute Gasteiger partial charge is 0.253 e. The van der Waals surface area contributed by atoms with Crippen LogP contribution in [0, 0.1) is 13.8 Å². The molecule has 4 aromatic carbocycles. The molecule has 10 nitrogen and oxygen atoms in total. The Morgan fingerprint density at radius 1 is 0.587 bits per heavy atom. The lowest BCUT2D eigenvalue weighted by atomic mass is 10.1. The molecule has 46 heavy (non-hydrogen) atoms. The molecule has 0 aliphatic heterocycles. The van der Waals surface area contributed by atoms with Crippen molar-refractivity contribution in [2.75, 3.05) is 13.1 Å². The number of carbonyl (C=O) groups excluding carboxylic acids is 2. The maximum Gasteiger partial charge on any atom is 0.253 e. The molecular weight excluding hydrogens is 623 g/mol. The second kappa shape index (κ2) is 12.7. The molecule has 232 valence electrons. The summed E-state index contributed by atoms with van der Waals surface area (Å²) in [6.07, 6.45) is 0.654. The molecule has 2 aromatic heterocycles. The van der Waals surface area contributed by atoms with Crippen molar-refractivity contribution in [3.05, 3.63) is 104 Å². The van der Waals surface area contributed by atoms with Crippen LogP contribution in [-0.2, 0) is 0 Å². The van der Waals surface area contributed by atoms with Gasteiger partial charge in [0.2, 0.25) is 0 Å². The van der Waals surface area contributed by atoms with Crippen LogP contribution in [0.4, 0.5) is 0 Å². The van der Waals surface area contributed by atoms with Crippen molar-refractivity contribution in [2.24, 2.45) is 11.5 Å². The molecule has 6 rings (SSSR count). The zero-order chi connectivity index (χ0) is 32.5. The molecule has 0 fully saturated rings. The van der Waals surface area contributed by atoms with Gasteiger partial charge in [0.1, 0.15) is 22.1 Å². The summed E-state index contributed by atoms with van der Waals surface area (Å²) in [5.41, 5.74) is 20.5. The molecule has 12 heteroatoms. The Labute approximate surface area is 274 Å². The van der Waals surface area contributed by atoms with Crippen LogP contribution >= 0.6 is 23.2 Å². The maximum absolute atomic E-state index is 13.1. The van der Waals surface area contributed by atoms with Gasteiger partial charge in [0.25, 0.3) is 11.8 Å². The third kappa shape index (κ3) is 5.96. The Hall–Kier alpha value is -5.06. The third-order valence-electron chi connectivity index (χ3n) is 7.81. The Morgan fingerprint density at radius 2 is 1.00 bits per heavy atom. The number of carbonyl (C=O) groups is 2. The van der Waals surface area contributed by atoms with Crippen LogP contribution in [-0.4, -0.2) is 44.8 Å². The van der Waals surface area contributed by atoms with E-state index in [0.717, 1.165) is 11.1 Å². The van der Waals surface area contributed by atoms with E-state index in [9.17, 15) is 9.59 Å². The van der Waals surface area contributed by atoms with E-state index < -0.39 is 0 Å². The van der Waals surface area contributed by atoms with Gasteiger partial charge in [-0.25, -0.2) is 19.9 Å². The van der Waals surface area contributed by atoms with Gasteiger partial charge in [-0.3, -0.25) is 9.59 Å². The number of aromatic nitrogens is 4. The number of rotatable bonds is 8. The van der Waals surface area contributed by atoms with Crippen molar-refractivity contribution in [1.82, 2.24) is 30.6 Å². The van der Waals surface area contributed by atoms with Crippen molar-refractivity contribution in [2.45, 2.75) is 26.7 Å². The molecule has 0 bridgehead atoms. The lowest BCUT2D eigenvalue weighted by molar-refractivity contribution is 0.0946. The Balaban J connectivity index is 1.08. The summed E-state index contributed by atoms with van der Waals surface area (Å²) >= 11 is 12.7. The van der Waals surface area contributed by atoms with Crippen LogP contribution < -0.4 is 22.1 Å². The van der Waals surface area contributed by atoms with E-state index in [-0.39, 0.29) is 24.9 Å². The van der Waals surface area contributed by atoms with Crippen molar-refractivity contribution in [1.29, 1.82) is 0 Å². The van der Waals surface area contributed by atoms with Gasteiger partial charge in [-0.2, -0.15) is 0 Å². The monoisotopic (exact) mass is 652 g/mol. The summed E-state index contributed by atoms with van der Waals surface area (Å²) in [6, 6.07) is 17.8. The average Bonchev–Trinajstić information content (AvgIpc) is 3.06. The highest BCUT2D eigenvalue weighted by molar-refractivity contribution is 6.35. The molecule has 0 aliphatic carbocycles. The number of benzene rings is 4. The number of para-hydroxylation sites is 2. The molecule has 0 saturated carbocycles. The van der Waals surface area contributed by atoms with Crippen molar-refractivity contribution >= 4 is 79.1 Å². The van der Waals surface area contributed by atoms with Gasteiger partial charge < -0.3 is 22.1 Å². The quantitative estimate of drug-likeness (QED) is 0.148. The number of amides is 2. The zero-order valence-corrected chi connectivity index (χ0v) is 26.6. The number of hydrogen-bond acceptors (Lipinski definition) is 8. The van der Waals surface area contributed by atoms with Crippen LogP contribution in [0.3, 0.4) is 0 Å². The van der Waals surface area contributed by atoms with Gasteiger partial charge >= 0.3 is 0 Å². The van der Waals surface area contributed by atoms with Crippen molar-refractivity contribution in [3.8, 4) is 0 Å². The average molecular weight is 654 g/mol. The van der Waals surface area contributed by atoms with E-state index in [1.54, 1.807) is 48.5 Å². The first-order valence-electron chi connectivity index (χ1n) is 14.6. The van der Waals surface area contributed by atoms with Crippen molar-refractivity contribution in [3.63, 3.8) is 0 Å². The first-order chi connectivity index (χ1) is 22.1. The third-order valence-corrected chi connectivity index (χ3v) is 8.42. The minimum absolute atomic E-state index is 0.256. The highest BCUT2D eigenvalue weighted by Gasteiger charge is 2.17. The molecule has 2 heterocycles. The zero-order valence-electron chi connectivity index (χ0n) is 25.1. The number of nitrogens with two attached hydrogens (primary N) is 2. The van der Waals surface area contributed by atoms with Gasteiger partial charge in [-0.05, 0) is 61.4 Å². The largest absolute Gasteiger partial charge is 0.401 e. The summed E-state index contributed by atoms with van der Waals surface area (Å²) in [5, 5.41) is 6.78. The van der Waals surface area contributed by atoms with E-state index in [2.05, 4.69) is 20.6 Å². The molecule has 6 aromatic rings. The van der Waals surface area contributed by atoms with E-state index in [1.807, 2.05) is 26.0 Å². The van der Waals surface area contributed by atoms with Crippen LogP contribution in [0.2, 0.25) is 10.0 Å². The molecule has 0 radical (unpaired) electrons. The normalized spacial score (nSPS) is 12.1. The molecule has 2 amide bonds. The first-order valence-corrected chi connectivity index (χ1v) is 15.4. The Morgan fingerprint density at radius 3 is 1.41 bits per heavy atom. The number of nitrogens with one attached hydrogen (secondary N) is 2. The number of hydrogen-bond donors (Lipinski definition) is 4. The predicted molar refractivity (Wildman–Crippen MR) is 183 cm³/mol. The van der Waals surface area contributed by atoms with Crippen LogP contribution in [0.15, 0.2) is 72.1 Å². The van der Waals surface area contributed by atoms with Crippen LogP contribution in [0.25, 0.3) is 44.1 Å². The number of halogens is 2. The minimum Gasteiger partial charge on any atom is -0.401 e. The summed E-state index contributed by atoms with van der Waals surface area (Å²) in [7, 11) is 0. The number of aryl methyl sites for hydroxylation is 2. The van der Waals surface area contributed by atoms with Crippen LogP contribution in [0.5, 0.6) is 0 Å². The van der Waals surface area contributed by atoms with Crippen molar-refractivity contribution < 1.29 is 9.59 Å². The standard InChI is InChI=1S/C34H30Cl2N8O2/c1-17-9-11-21(35)31-27(17)43-29-19(5-3-7-25(29)41-31)33(45)39-15-13-23(37)24(38)14-16-40-34(46)20-6-4-8-26-30(20)44-28-18(2)10-12-22(36)32(28)42-26/h3-12H,13-16,37-38H2,1-2H3,(H,39,45)(H,40,46)/b24-23+. The second-order valence-corrected chi connectivity index (χ2v) is 11.8. The molecule has 0 aliphatic rings. The molecular formula is C34H30Cl2N8O2. The lowest BCUT2D eigenvalue weighted by Gasteiger charge is -2.12. The van der Waals surface area contributed by atoms with E-state index >= 15 is 0 Å². The summed E-state index contributed by atoms with van der Waals surface area (Å²) < 4.78 is 0. The topological polar surface area (TPSA) is 162 Å². The fourth-order valence-electron chi connectivity index (χ4n) is 5.25. The van der Waals surface area contributed by atoms with Gasteiger partial charge in [0.05, 0.1) is 43.2 Å². The second-order valence-electron chi connectivity index (χ2n) is 11.0. The summed E-state index contributed by atoms with van der Waals surface area (Å²) in [4.78, 5) is 45.0. The fraction of sp³-hybridized carbons (Fsp3) is 0.176. The minimum atomic E-state index is -0.305. The van der Waals surface area contributed by atoms with E-state index in [0.29, 0.717) is 89.5 Å². The highest BCUT2D eigenvalue weighted by Crippen LogP contribution is 2.28. The van der Waals surface area contributed by atoms with Gasteiger partial charge in [-0.1, -0.05) is 47.5 Å². The predicted octanol–water partition coefficient (Wildman–Crippen LogP) is 5.87. The highest BCUT2D eigenvalue weighted by atomic mass is 35.5. The maximum atomic E-state index is 13.1. The van der Waals surface area contributed by atoms with E-state index in [4.69, 9.17) is 44.6 Å². The lowest BCUT2D eigenvalue weighted by Crippen LogP contribution is -2.28. The van der Waals surface area contributed by atoms with Gasteiger partial charge in [-0.15, -0.1) is 0 Å². The fourth-order valence-corrected chi connectivity index (χ4v) is 5.64. The summed E-state index contributed by atoms with van der Waals surface area (Å²) in [6.45, 7) is 4.35. The molecule has 0 atom stereocenters. The molecule has 6 N–H and O–H groups in total. The first kappa shape index (κ1) is 30.9. The number of nitrogens with zero attached hydrogens (tertiary/aromatic N) is 4. The Kier molecular flexibility index (Phi) is 8.57. The SMILES string of the molecule is Cc1ccc(Cl)c2nc3cccc(C(=O)NCC/C(N)=C(\N)CCNC(=O)c4cccc5nc6c(Cl)ccc(C)c6nc45)c3nc12. The summed E-state index contributed by atoms with van der Waals surface area (Å²) in [5.74, 6) is -0.609. The molecule has 0 spiro atoms. The number of fused-ring (bicyclic) bond motifs is 4. The van der Waals surface area contributed by atoms with Crippen LogP contribution in [0.1, 0.15) is 44.7 Å². The van der Waals surface area contributed by atoms with E-state index in [1.165, 1.54) is 0 Å².